The summed E-state index contributed by atoms with van der Waals surface area (Å²) in [4.78, 5) is 0. The van der Waals surface area contributed by atoms with E-state index in [0.29, 0.717) is 10.3 Å². The highest BCUT2D eigenvalue weighted by atomic mass is 35.5. The Bertz CT molecular complexity index is 314. The summed E-state index contributed by atoms with van der Waals surface area (Å²) in [6.07, 6.45) is 2.24. The van der Waals surface area contributed by atoms with Gasteiger partial charge < -0.3 is 0 Å². The first kappa shape index (κ1) is 13.3. The van der Waals surface area contributed by atoms with E-state index in [1.165, 1.54) is 11.3 Å². The van der Waals surface area contributed by atoms with Crippen molar-refractivity contribution in [3.8, 4) is 0 Å². The maximum atomic E-state index is 6.10. The van der Waals surface area contributed by atoms with Gasteiger partial charge in [-0.05, 0) is 18.4 Å². The molecule has 86 valence electrons. The van der Waals surface area contributed by atoms with E-state index in [9.17, 15) is 0 Å². The lowest BCUT2D eigenvalue weighted by Gasteiger charge is -2.22. The second-order valence-electron chi connectivity index (χ2n) is 3.69. The van der Waals surface area contributed by atoms with Crippen LogP contribution in [0.2, 0.25) is 8.67 Å². The van der Waals surface area contributed by atoms with E-state index in [0.717, 1.165) is 22.7 Å². The molecule has 2 unspecified atom stereocenters. The zero-order chi connectivity index (χ0) is 11.4. The van der Waals surface area contributed by atoms with E-state index in [4.69, 9.17) is 29.0 Å². The maximum Gasteiger partial charge on any atom is 0.0992 e. The molecule has 3 N–H and O–H groups in total. The number of thiophene rings is 1. The average Bonchev–Trinajstić information content (AvgIpc) is 2.47. The van der Waals surface area contributed by atoms with Crippen molar-refractivity contribution < 1.29 is 0 Å². The highest BCUT2D eigenvalue weighted by Crippen LogP contribution is 2.38. The van der Waals surface area contributed by atoms with Gasteiger partial charge in [0.2, 0.25) is 0 Å². The third-order valence-electron chi connectivity index (χ3n) is 2.51. The molecular weight excluding hydrogens is 251 g/mol. The van der Waals surface area contributed by atoms with Gasteiger partial charge in [0, 0.05) is 5.56 Å². The van der Waals surface area contributed by atoms with Crippen LogP contribution in [0.1, 0.15) is 38.3 Å². The predicted octanol–water partition coefficient (Wildman–Crippen LogP) is 4.00. The number of hydrogen-bond donors (Lipinski definition) is 2. The molecule has 1 aromatic rings. The molecular formula is C10H16Cl2N2S. The van der Waals surface area contributed by atoms with Crippen LogP contribution < -0.4 is 11.3 Å². The minimum Gasteiger partial charge on any atom is -0.271 e. The molecule has 0 saturated heterocycles. The number of nitrogens with one attached hydrogen (secondary N) is 1. The molecule has 0 aromatic carbocycles. The molecule has 0 bridgehead atoms. The van der Waals surface area contributed by atoms with Crippen LogP contribution in [0.3, 0.4) is 0 Å². The van der Waals surface area contributed by atoms with Crippen LogP contribution in [0.15, 0.2) is 6.07 Å². The molecule has 0 aliphatic heterocycles. The fourth-order valence-corrected chi connectivity index (χ4v) is 3.30. The summed E-state index contributed by atoms with van der Waals surface area (Å²) >= 11 is 13.4. The van der Waals surface area contributed by atoms with E-state index in [-0.39, 0.29) is 6.04 Å². The number of hydrazine groups is 1. The summed E-state index contributed by atoms with van der Waals surface area (Å²) in [5, 5.41) is 0. The fraction of sp³-hybridized carbons (Fsp3) is 0.600. The summed E-state index contributed by atoms with van der Waals surface area (Å²) < 4.78 is 1.44. The summed E-state index contributed by atoms with van der Waals surface area (Å²) in [7, 11) is 0. The topological polar surface area (TPSA) is 38.0 Å². The lowest BCUT2D eigenvalue weighted by Crippen LogP contribution is -2.32. The molecule has 0 aliphatic carbocycles. The highest BCUT2D eigenvalue weighted by Gasteiger charge is 2.21. The Labute approximate surface area is 105 Å². The Kier molecular flexibility index (Phi) is 5.36. The number of nitrogens with two attached hydrogens (primary N) is 1. The van der Waals surface area contributed by atoms with Crippen LogP contribution in [-0.4, -0.2) is 0 Å². The standard InChI is InChI=1S/C10H16Cl2N2S/c1-3-4-6(2)9(14-13)7-5-8(11)15-10(7)12/h5-6,9,14H,3-4,13H2,1-2H3. The molecule has 0 radical (unpaired) electrons. The molecule has 5 heteroatoms. The van der Waals surface area contributed by atoms with Crippen LogP contribution in [0, 0.1) is 5.92 Å². The van der Waals surface area contributed by atoms with Crippen molar-refractivity contribution in [1.82, 2.24) is 5.43 Å². The Morgan fingerprint density at radius 2 is 2.20 bits per heavy atom. The first-order valence-corrected chi connectivity index (χ1v) is 6.58. The van der Waals surface area contributed by atoms with Gasteiger partial charge in [0.15, 0.2) is 0 Å². The molecule has 0 fully saturated rings. The van der Waals surface area contributed by atoms with Gasteiger partial charge in [0.1, 0.15) is 0 Å². The SMILES string of the molecule is CCCC(C)C(NN)c1cc(Cl)sc1Cl. The molecule has 0 amide bonds. The van der Waals surface area contributed by atoms with Gasteiger partial charge in [-0.15, -0.1) is 11.3 Å². The van der Waals surface area contributed by atoms with Crippen molar-refractivity contribution in [2.75, 3.05) is 0 Å². The highest BCUT2D eigenvalue weighted by molar-refractivity contribution is 7.20. The van der Waals surface area contributed by atoms with Crippen molar-refractivity contribution in [2.45, 2.75) is 32.7 Å². The summed E-state index contributed by atoms with van der Waals surface area (Å²) in [5.41, 5.74) is 3.83. The van der Waals surface area contributed by atoms with Gasteiger partial charge in [-0.1, -0.05) is 43.5 Å². The predicted molar refractivity (Wildman–Crippen MR) is 68.5 cm³/mol. The van der Waals surface area contributed by atoms with Crippen molar-refractivity contribution in [3.63, 3.8) is 0 Å². The molecule has 2 nitrogen and oxygen atoms in total. The molecule has 0 aliphatic rings. The third kappa shape index (κ3) is 3.33. The molecule has 1 rings (SSSR count). The smallest absolute Gasteiger partial charge is 0.0992 e. The lowest BCUT2D eigenvalue weighted by molar-refractivity contribution is 0.369. The van der Waals surface area contributed by atoms with Gasteiger partial charge in [0.25, 0.3) is 0 Å². The Morgan fingerprint density at radius 3 is 2.60 bits per heavy atom. The van der Waals surface area contributed by atoms with Gasteiger partial charge in [-0.3, -0.25) is 11.3 Å². The molecule has 1 heterocycles. The molecule has 2 atom stereocenters. The summed E-state index contributed by atoms with van der Waals surface area (Å²) in [5.74, 6) is 6.01. The maximum absolute atomic E-state index is 6.10. The van der Waals surface area contributed by atoms with E-state index in [2.05, 4.69) is 19.3 Å². The Morgan fingerprint density at radius 1 is 1.53 bits per heavy atom. The Balaban J connectivity index is 2.86. The van der Waals surface area contributed by atoms with Gasteiger partial charge in [-0.25, -0.2) is 0 Å². The van der Waals surface area contributed by atoms with Crippen LogP contribution in [0.5, 0.6) is 0 Å². The zero-order valence-corrected chi connectivity index (χ0v) is 11.2. The van der Waals surface area contributed by atoms with Crippen LogP contribution in [-0.2, 0) is 0 Å². The van der Waals surface area contributed by atoms with Crippen molar-refractivity contribution in [2.24, 2.45) is 11.8 Å². The average molecular weight is 267 g/mol. The second-order valence-corrected chi connectivity index (χ2v) is 5.98. The zero-order valence-electron chi connectivity index (χ0n) is 8.89. The summed E-state index contributed by atoms with van der Waals surface area (Å²) in [6.45, 7) is 4.32. The number of hydrogen-bond acceptors (Lipinski definition) is 3. The number of halogens is 2. The number of rotatable bonds is 5. The van der Waals surface area contributed by atoms with E-state index >= 15 is 0 Å². The molecule has 0 spiro atoms. The summed E-state index contributed by atoms with van der Waals surface area (Å²) in [6, 6.07) is 1.98. The van der Waals surface area contributed by atoms with Crippen molar-refractivity contribution >= 4 is 34.5 Å². The normalized spacial score (nSPS) is 15.3. The van der Waals surface area contributed by atoms with Gasteiger partial charge in [-0.2, -0.15) is 0 Å². The molecule has 0 saturated carbocycles. The van der Waals surface area contributed by atoms with E-state index < -0.39 is 0 Å². The molecule has 1 aromatic heterocycles. The van der Waals surface area contributed by atoms with Crippen LogP contribution >= 0.6 is 34.5 Å². The molecule has 15 heavy (non-hydrogen) atoms. The second kappa shape index (κ2) is 6.06. The van der Waals surface area contributed by atoms with Crippen molar-refractivity contribution in [3.05, 3.63) is 20.3 Å². The fourth-order valence-electron chi connectivity index (χ4n) is 1.75. The monoisotopic (exact) mass is 266 g/mol. The Hall–Kier alpha value is 0.200. The minimum atomic E-state index is 0.0844. The van der Waals surface area contributed by atoms with Gasteiger partial charge >= 0.3 is 0 Å². The van der Waals surface area contributed by atoms with Crippen molar-refractivity contribution in [1.29, 1.82) is 0 Å². The van der Waals surface area contributed by atoms with E-state index in [1.54, 1.807) is 0 Å². The first-order chi connectivity index (χ1) is 7.10. The van der Waals surface area contributed by atoms with E-state index in [1.807, 2.05) is 6.07 Å². The largest absolute Gasteiger partial charge is 0.271 e. The third-order valence-corrected chi connectivity index (χ3v) is 4.03. The van der Waals surface area contributed by atoms with Gasteiger partial charge in [0.05, 0.1) is 14.7 Å². The lowest BCUT2D eigenvalue weighted by atomic mass is 9.93. The van der Waals surface area contributed by atoms with Crippen LogP contribution in [0.4, 0.5) is 0 Å². The first-order valence-electron chi connectivity index (χ1n) is 5.01. The van der Waals surface area contributed by atoms with Crippen LogP contribution in [0.25, 0.3) is 0 Å². The quantitative estimate of drug-likeness (QED) is 0.625. The minimum absolute atomic E-state index is 0.0844.